The van der Waals surface area contributed by atoms with E-state index >= 15 is 0 Å². The lowest BCUT2D eigenvalue weighted by molar-refractivity contribution is 0.278. The number of nitrogens with zero attached hydrogens (tertiary/aromatic N) is 2. The largest absolute Gasteiger partial charge is 0.371 e. The molecule has 4 heteroatoms. The highest BCUT2D eigenvalue weighted by molar-refractivity contribution is 6.30. The molecule has 1 saturated heterocycles. The van der Waals surface area contributed by atoms with Crippen LogP contribution in [0.25, 0.3) is 0 Å². The van der Waals surface area contributed by atoms with Gasteiger partial charge in [-0.05, 0) is 30.7 Å². The predicted octanol–water partition coefficient (Wildman–Crippen LogP) is 4.75. The van der Waals surface area contributed by atoms with Crippen LogP contribution in [0, 0.1) is 5.82 Å². The van der Waals surface area contributed by atoms with Gasteiger partial charge in [-0.3, -0.25) is 0 Å². The summed E-state index contributed by atoms with van der Waals surface area (Å²) in [6.07, 6.45) is 0.850. The predicted molar refractivity (Wildman–Crippen MR) is 99.1 cm³/mol. The van der Waals surface area contributed by atoms with Gasteiger partial charge in [0.25, 0.3) is 0 Å². The molecule has 0 aliphatic carbocycles. The summed E-state index contributed by atoms with van der Waals surface area (Å²) >= 11 is 5.86. The molecule has 1 unspecified atom stereocenters. The number of allylic oxidation sites excluding steroid dienone is 1. The molecular weight excluding hydrogens is 323 g/mol. The molecule has 126 valence electrons. The van der Waals surface area contributed by atoms with Gasteiger partial charge in [-0.15, -0.1) is 0 Å². The Kier molecular flexibility index (Phi) is 5.10. The Labute approximate surface area is 148 Å². The molecule has 2 nitrogen and oxygen atoms in total. The smallest absolute Gasteiger partial charge is 0.147 e. The van der Waals surface area contributed by atoms with Crippen molar-refractivity contribution in [3.05, 3.63) is 77.2 Å². The lowest BCUT2D eigenvalue weighted by Crippen LogP contribution is -2.51. The Bertz CT molecular complexity index is 717. The van der Waals surface area contributed by atoms with Gasteiger partial charge in [0.15, 0.2) is 0 Å². The van der Waals surface area contributed by atoms with Crippen LogP contribution in [0.5, 0.6) is 0 Å². The highest BCUT2D eigenvalue weighted by Crippen LogP contribution is 2.27. The van der Waals surface area contributed by atoms with Crippen molar-refractivity contribution in [3.63, 3.8) is 0 Å². The van der Waals surface area contributed by atoms with E-state index in [-0.39, 0.29) is 11.9 Å². The van der Waals surface area contributed by atoms with Crippen LogP contribution in [0.1, 0.15) is 12.5 Å². The second-order valence-electron chi connectivity index (χ2n) is 6.31. The van der Waals surface area contributed by atoms with Crippen molar-refractivity contribution in [1.29, 1.82) is 0 Å². The number of rotatable bonds is 4. The molecule has 0 amide bonds. The number of benzene rings is 2. The SMILES string of the molecule is C=C(Cc1ccccc1)N1CCN(c2ccc(Cl)cc2F)C(C)C1. The number of halogens is 2. The zero-order valence-electron chi connectivity index (χ0n) is 13.9. The fraction of sp³-hybridized carbons (Fsp3) is 0.300. The van der Waals surface area contributed by atoms with Crippen molar-refractivity contribution >= 4 is 17.3 Å². The molecule has 0 spiro atoms. The molecular formula is C20H22ClFN2. The first-order valence-electron chi connectivity index (χ1n) is 8.23. The van der Waals surface area contributed by atoms with Gasteiger partial charge in [0, 0.05) is 42.8 Å². The van der Waals surface area contributed by atoms with Crippen molar-refractivity contribution in [2.24, 2.45) is 0 Å². The van der Waals surface area contributed by atoms with Gasteiger partial charge >= 0.3 is 0 Å². The van der Waals surface area contributed by atoms with Crippen LogP contribution in [0.4, 0.5) is 10.1 Å². The average Bonchev–Trinajstić information content (AvgIpc) is 2.56. The molecule has 0 N–H and O–H groups in total. The van der Waals surface area contributed by atoms with Gasteiger partial charge < -0.3 is 9.80 Å². The van der Waals surface area contributed by atoms with E-state index in [2.05, 4.69) is 35.4 Å². The molecule has 24 heavy (non-hydrogen) atoms. The van der Waals surface area contributed by atoms with E-state index in [1.165, 1.54) is 11.6 Å². The fourth-order valence-electron chi connectivity index (χ4n) is 3.26. The summed E-state index contributed by atoms with van der Waals surface area (Å²) in [5, 5.41) is 0.429. The summed E-state index contributed by atoms with van der Waals surface area (Å²) in [6, 6.07) is 15.5. The molecule has 0 aromatic heterocycles. The van der Waals surface area contributed by atoms with E-state index in [9.17, 15) is 4.39 Å². The third-order valence-electron chi connectivity index (χ3n) is 4.54. The zero-order chi connectivity index (χ0) is 17.1. The first-order chi connectivity index (χ1) is 11.5. The second-order valence-corrected chi connectivity index (χ2v) is 6.75. The van der Waals surface area contributed by atoms with Crippen LogP contribution >= 0.6 is 11.6 Å². The normalized spacial score (nSPS) is 17.9. The van der Waals surface area contributed by atoms with Crippen LogP contribution < -0.4 is 4.90 Å². The first-order valence-corrected chi connectivity index (χ1v) is 8.61. The fourth-order valence-corrected chi connectivity index (χ4v) is 3.42. The molecule has 1 heterocycles. The highest BCUT2D eigenvalue weighted by atomic mass is 35.5. The summed E-state index contributed by atoms with van der Waals surface area (Å²) in [5.74, 6) is -0.258. The number of hydrogen-bond donors (Lipinski definition) is 0. The maximum absolute atomic E-state index is 14.2. The number of hydrogen-bond acceptors (Lipinski definition) is 2. The third-order valence-corrected chi connectivity index (χ3v) is 4.78. The van der Waals surface area contributed by atoms with Crippen molar-refractivity contribution in [2.45, 2.75) is 19.4 Å². The summed E-state index contributed by atoms with van der Waals surface area (Å²) in [5.41, 5.74) is 3.01. The first kappa shape index (κ1) is 16.8. The minimum absolute atomic E-state index is 0.210. The molecule has 1 aliphatic rings. The summed E-state index contributed by atoms with van der Waals surface area (Å²) < 4.78 is 14.2. The quantitative estimate of drug-likeness (QED) is 0.790. The van der Waals surface area contributed by atoms with E-state index in [1.54, 1.807) is 12.1 Å². The minimum atomic E-state index is -0.258. The van der Waals surface area contributed by atoms with Gasteiger partial charge in [0.2, 0.25) is 0 Å². The lowest BCUT2D eigenvalue weighted by Gasteiger charge is -2.43. The average molecular weight is 345 g/mol. The van der Waals surface area contributed by atoms with Crippen molar-refractivity contribution in [2.75, 3.05) is 24.5 Å². The molecule has 1 fully saturated rings. The highest BCUT2D eigenvalue weighted by Gasteiger charge is 2.26. The number of piperazine rings is 1. The van der Waals surface area contributed by atoms with Gasteiger partial charge in [0.1, 0.15) is 5.82 Å². The molecule has 1 atom stereocenters. The monoisotopic (exact) mass is 344 g/mol. The van der Waals surface area contributed by atoms with Crippen LogP contribution in [0.3, 0.4) is 0 Å². The van der Waals surface area contributed by atoms with E-state index in [0.717, 1.165) is 31.8 Å². The molecule has 0 bridgehead atoms. The van der Waals surface area contributed by atoms with Crippen LogP contribution in [-0.4, -0.2) is 30.6 Å². The zero-order valence-corrected chi connectivity index (χ0v) is 14.6. The Morgan fingerprint density at radius 3 is 2.62 bits per heavy atom. The summed E-state index contributed by atoms with van der Waals surface area (Å²) in [4.78, 5) is 4.42. The molecule has 3 rings (SSSR count). The van der Waals surface area contributed by atoms with Crippen molar-refractivity contribution in [1.82, 2.24) is 4.90 Å². The molecule has 0 radical (unpaired) electrons. The van der Waals surface area contributed by atoms with Gasteiger partial charge in [-0.1, -0.05) is 48.5 Å². The van der Waals surface area contributed by atoms with E-state index in [0.29, 0.717) is 10.7 Å². The standard InChI is InChI=1S/C20H22ClFN2/c1-15(12-17-6-4-3-5-7-17)23-10-11-24(16(2)14-23)20-9-8-18(21)13-19(20)22/h3-9,13,16H,1,10-12,14H2,2H3. The Morgan fingerprint density at radius 2 is 1.96 bits per heavy atom. The summed E-state index contributed by atoms with van der Waals surface area (Å²) in [7, 11) is 0. The van der Waals surface area contributed by atoms with Crippen molar-refractivity contribution in [3.8, 4) is 0 Å². The van der Waals surface area contributed by atoms with Gasteiger partial charge in [0.05, 0.1) is 5.69 Å². The Hall–Kier alpha value is -2.00. The third kappa shape index (κ3) is 3.73. The van der Waals surface area contributed by atoms with E-state index in [1.807, 2.05) is 18.2 Å². The Balaban J connectivity index is 1.65. The maximum atomic E-state index is 14.2. The van der Waals surface area contributed by atoms with E-state index in [4.69, 9.17) is 11.6 Å². The molecule has 2 aromatic carbocycles. The Morgan fingerprint density at radius 1 is 1.21 bits per heavy atom. The lowest BCUT2D eigenvalue weighted by atomic mass is 10.1. The summed E-state index contributed by atoms with van der Waals surface area (Å²) in [6.45, 7) is 8.83. The van der Waals surface area contributed by atoms with Crippen LogP contribution in [0.15, 0.2) is 60.8 Å². The van der Waals surface area contributed by atoms with Gasteiger partial charge in [-0.25, -0.2) is 4.39 Å². The number of anilines is 1. The van der Waals surface area contributed by atoms with Crippen molar-refractivity contribution < 1.29 is 4.39 Å². The van der Waals surface area contributed by atoms with Crippen LogP contribution in [0.2, 0.25) is 5.02 Å². The van der Waals surface area contributed by atoms with Gasteiger partial charge in [-0.2, -0.15) is 0 Å². The molecule has 2 aromatic rings. The second kappa shape index (κ2) is 7.27. The topological polar surface area (TPSA) is 6.48 Å². The minimum Gasteiger partial charge on any atom is -0.371 e. The molecule has 0 saturated carbocycles. The molecule has 1 aliphatic heterocycles. The van der Waals surface area contributed by atoms with E-state index < -0.39 is 0 Å². The maximum Gasteiger partial charge on any atom is 0.147 e. The van der Waals surface area contributed by atoms with Crippen LogP contribution in [-0.2, 0) is 6.42 Å².